The van der Waals surface area contributed by atoms with Gasteiger partial charge in [-0.05, 0) is 20.3 Å². The molecule has 0 saturated carbocycles. The van der Waals surface area contributed by atoms with Gasteiger partial charge < -0.3 is 10.6 Å². The number of fused-ring (bicyclic) bond motifs is 1. The lowest BCUT2D eigenvalue weighted by molar-refractivity contribution is 0.546. The SMILES string of the molecule is CCC(C)(C)Nc1nc(NC)nc2[nH]ncc12. The van der Waals surface area contributed by atoms with Gasteiger partial charge in [-0.1, -0.05) is 6.92 Å². The predicted octanol–water partition coefficient (Wildman–Crippen LogP) is 2.00. The van der Waals surface area contributed by atoms with Gasteiger partial charge in [0, 0.05) is 12.6 Å². The molecule has 0 unspecified atom stereocenters. The van der Waals surface area contributed by atoms with E-state index in [1.54, 1.807) is 13.2 Å². The third-order valence-corrected chi connectivity index (χ3v) is 2.87. The Morgan fingerprint density at radius 3 is 2.76 bits per heavy atom. The zero-order valence-electron chi connectivity index (χ0n) is 10.6. The third-order valence-electron chi connectivity index (χ3n) is 2.87. The van der Waals surface area contributed by atoms with Crippen molar-refractivity contribution in [2.75, 3.05) is 17.7 Å². The minimum Gasteiger partial charge on any atom is -0.364 e. The first-order valence-corrected chi connectivity index (χ1v) is 5.73. The quantitative estimate of drug-likeness (QED) is 0.754. The summed E-state index contributed by atoms with van der Waals surface area (Å²) in [6.07, 6.45) is 2.74. The summed E-state index contributed by atoms with van der Waals surface area (Å²) in [4.78, 5) is 8.72. The zero-order chi connectivity index (χ0) is 12.5. The topological polar surface area (TPSA) is 78.5 Å². The lowest BCUT2D eigenvalue weighted by Gasteiger charge is -2.25. The van der Waals surface area contributed by atoms with Gasteiger partial charge in [-0.2, -0.15) is 15.1 Å². The molecule has 0 aliphatic carbocycles. The number of hydrogen-bond acceptors (Lipinski definition) is 5. The molecule has 0 atom stereocenters. The molecule has 0 radical (unpaired) electrons. The van der Waals surface area contributed by atoms with Gasteiger partial charge >= 0.3 is 0 Å². The number of nitrogens with zero attached hydrogens (tertiary/aromatic N) is 3. The Morgan fingerprint density at radius 1 is 1.35 bits per heavy atom. The summed E-state index contributed by atoms with van der Waals surface area (Å²) in [6.45, 7) is 6.42. The Hall–Kier alpha value is -1.85. The fourth-order valence-corrected chi connectivity index (χ4v) is 1.45. The molecule has 0 spiro atoms. The molecular formula is C11H18N6. The van der Waals surface area contributed by atoms with Crippen molar-refractivity contribution in [2.45, 2.75) is 32.7 Å². The second-order valence-corrected chi connectivity index (χ2v) is 4.64. The van der Waals surface area contributed by atoms with Crippen molar-refractivity contribution < 1.29 is 0 Å². The first-order chi connectivity index (χ1) is 8.05. The summed E-state index contributed by atoms with van der Waals surface area (Å²) >= 11 is 0. The van der Waals surface area contributed by atoms with Crippen LogP contribution in [0, 0.1) is 0 Å². The molecular weight excluding hydrogens is 216 g/mol. The Labute approximate surface area is 100 Å². The molecule has 0 aromatic carbocycles. The number of hydrogen-bond donors (Lipinski definition) is 3. The van der Waals surface area contributed by atoms with Gasteiger partial charge in [-0.15, -0.1) is 0 Å². The van der Waals surface area contributed by atoms with Gasteiger partial charge in [0.2, 0.25) is 5.95 Å². The van der Waals surface area contributed by atoms with Gasteiger partial charge in [0.1, 0.15) is 5.82 Å². The van der Waals surface area contributed by atoms with Crippen molar-refractivity contribution >= 4 is 22.8 Å². The summed E-state index contributed by atoms with van der Waals surface area (Å²) in [7, 11) is 1.80. The van der Waals surface area contributed by atoms with Crippen molar-refractivity contribution in [1.82, 2.24) is 20.2 Å². The van der Waals surface area contributed by atoms with Crippen molar-refractivity contribution in [1.29, 1.82) is 0 Å². The molecule has 0 saturated heterocycles. The minimum absolute atomic E-state index is 0.0104. The summed E-state index contributed by atoms with van der Waals surface area (Å²) in [5, 5.41) is 14.1. The number of anilines is 2. The molecule has 0 aliphatic rings. The van der Waals surface area contributed by atoms with Crippen LogP contribution in [0.2, 0.25) is 0 Å². The lowest BCUT2D eigenvalue weighted by Crippen LogP contribution is -2.30. The molecule has 2 heterocycles. The summed E-state index contributed by atoms with van der Waals surface area (Å²) < 4.78 is 0. The van der Waals surface area contributed by atoms with E-state index in [0.29, 0.717) is 5.95 Å². The highest BCUT2D eigenvalue weighted by molar-refractivity contribution is 5.87. The normalized spacial score (nSPS) is 11.8. The van der Waals surface area contributed by atoms with E-state index in [-0.39, 0.29) is 5.54 Å². The van der Waals surface area contributed by atoms with Gasteiger partial charge in [0.05, 0.1) is 11.6 Å². The van der Waals surface area contributed by atoms with Gasteiger partial charge in [-0.3, -0.25) is 5.10 Å². The Morgan fingerprint density at radius 2 is 2.12 bits per heavy atom. The van der Waals surface area contributed by atoms with Gasteiger partial charge in [0.25, 0.3) is 0 Å². The smallest absolute Gasteiger partial charge is 0.226 e. The first kappa shape index (κ1) is 11.6. The molecule has 92 valence electrons. The maximum absolute atomic E-state index is 4.43. The van der Waals surface area contributed by atoms with Gasteiger partial charge in [-0.25, -0.2) is 0 Å². The van der Waals surface area contributed by atoms with E-state index in [0.717, 1.165) is 23.3 Å². The zero-order valence-corrected chi connectivity index (χ0v) is 10.6. The van der Waals surface area contributed by atoms with E-state index in [2.05, 4.69) is 51.6 Å². The average molecular weight is 234 g/mol. The maximum Gasteiger partial charge on any atom is 0.226 e. The maximum atomic E-state index is 4.43. The second kappa shape index (κ2) is 4.20. The van der Waals surface area contributed by atoms with Crippen LogP contribution in [0.3, 0.4) is 0 Å². The summed E-state index contributed by atoms with van der Waals surface area (Å²) in [5.74, 6) is 1.39. The average Bonchev–Trinajstić information content (AvgIpc) is 2.76. The van der Waals surface area contributed by atoms with Crippen LogP contribution in [0.4, 0.5) is 11.8 Å². The highest BCUT2D eigenvalue weighted by atomic mass is 15.2. The minimum atomic E-state index is -0.0104. The lowest BCUT2D eigenvalue weighted by atomic mass is 10.0. The van der Waals surface area contributed by atoms with Crippen LogP contribution < -0.4 is 10.6 Å². The number of H-pyrrole nitrogens is 1. The molecule has 3 N–H and O–H groups in total. The predicted molar refractivity (Wildman–Crippen MR) is 69.2 cm³/mol. The second-order valence-electron chi connectivity index (χ2n) is 4.64. The number of nitrogens with one attached hydrogen (secondary N) is 3. The van der Waals surface area contributed by atoms with Crippen LogP contribution in [0.15, 0.2) is 6.20 Å². The number of rotatable bonds is 4. The van der Waals surface area contributed by atoms with E-state index in [9.17, 15) is 0 Å². The molecule has 0 fully saturated rings. The van der Waals surface area contributed by atoms with E-state index < -0.39 is 0 Å². The standard InChI is InChI=1S/C11H18N6/c1-5-11(2,3)16-8-7-6-13-17-9(7)15-10(12-4)14-8/h6H,5H2,1-4H3,(H3,12,13,14,15,16,17). The van der Waals surface area contributed by atoms with Crippen LogP contribution in [-0.4, -0.2) is 32.8 Å². The number of aromatic amines is 1. The first-order valence-electron chi connectivity index (χ1n) is 5.73. The van der Waals surface area contributed by atoms with E-state index in [1.807, 2.05) is 0 Å². The largest absolute Gasteiger partial charge is 0.364 e. The van der Waals surface area contributed by atoms with Crippen LogP contribution >= 0.6 is 0 Å². The molecule has 0 bridgehead atoms. The molecule has 17 heavy (non-hydrogen) atoms. The summed E-state index contributed by atoms with van der Waals surface area (Å²) in [5.41, 5.74) is 0.725. The monoisotopic (exact) mass is 234 g/mol. The van der Waals surface area contributed by atoms with E-state index >= 15 is 0 Å². The van der Waals surface area contributed by atoms with Crippen molar-refractivity contribution in [3.05, 3.63) is 6.20 Å². The highest BCUT2D eigenvalue weighted by Gasteiger charge is 2.18. The van der Waals surface area contributed by atoms with Crippen LogP contribution in [0.1, 0.15) is 27.2 Å². The van der Waals surface area contributed by atoms with E-state index in [4.69, 9.17) is 0 Å². The van der Waals surface area contributed by atoms with Crippen molar-refractivity contribution in [3.63, 3.8) is 0 Å². The van der Waals surface area contributed by atoms with Gasteiger partial charge in [0.15, 0.2) is 5.65 Å². The fraction of sp³-hybridized carbons (Fsp3) is 0.545. The Bertz CT molecular complexity index is 516. The highest BCUT2D eigenvalue weighted by Crippen LogP contribution is 2.24. The van der Waals surface area contributed by atoms with Crippen molar-refractivity contribution in [2.24, 2.45) is 0 Å². The van der Waals surface area contributed by atoms with Crippen LogP contribution in [0.25, 0.3) is 11.0 Å². The van der Waals surface area contributed by atoms with Crippen LogP contribution in [0.5, 0.6) is 0 Å². The molecule has 0 amide bonds. The van der Waals surface area contributed by atoms with Crippen molar-refractivity contribution in [3.8, 4) is 0 Å². The molecule has 2 rings (SSSR count). The molecule has 6 heteroatoms. The van der Waals surface area contributed by atoms with Crippen LogP contribution in [-0.2, 0) is 0 Å². The van der Waals surface area contributed by atoms with E-state index in [1.165, 1.54) is 0 Å². The molecule has 2 aromatic rings. The summed E-state index contributed by atoms with van der Waals surface area (Å²) in [6, 6.07) is 0. The molecule has 2 aromatic heterocycles. The Kier molecular flexibility index (Phi) is 2.87. The number of aromatic nitrogens is 4. The molecule has 0 aliphatic heterocycles. The molecule has 6 nitrogen and oxygen atoms in total. The Balaban J connectivity index is 2.47. The third kappa shape index (κ3) is 2.30. The fourth-order valence-electron chi connectivity index (χ4n) is 1.45.